The van der Waals surface area contributed by atoms with Crippen LogP contribution >= 0.6 is 0 Å². The molecule has 0 saturated heterocycles. The molecule has 0 spiro atoms. The smallest absolute Gasteiger partial charge is 0.164 e. The third-order valence-corrected chi connectivity index (χ3v) is 9.70. The summed E-state index contributed by atoms with van der Waals surface area (Å²) in [6.45, 7) is 0. The van der Waals surface area contributed by atoms with Crippen molar-refractivity contribution in [1.82, 2.24) is 15.0 Å². The van der Waals surface area contributed by atoms with Crippen LogP contribution in [0.4, 0.5) is 0 Å². The maximum Gasteiger partial charge on any atom is 0.164 e. The van der Waals surface area contributed by atoms with E-state index in [9.17, 15) is 0 Å². The molecule has 0 unspecified atom stereocenters. The maximum atomic E-state index is 6.72. The van der Waals surface area contributed by atoms with Gasteiger partial charge in [0.15, 0.2) is 17.5 Å². The highest BCUT2D eigenvalue weighted by Crippen LogP contribution is 2.44. The molecule has 0 N–H and O–H groups in total. The van der Waals surface area contributed by atoms with Crippen LogP contribution in [0.1, 0.15) is 0 Å². The third-order valence-electron chi connectivity index (χ3n) is 9.70. The van der Waals surface area contributed by atoms with E-state index in [1.54, 1.807) is 0 Å². The molecule has 8 aromatic carbocycles. The Morgan fingerprint density at radius 2 is 0.882 bits per heavy atom. The van der Waals surface area contributed by atoms with E-state index < -0.39 is 0 Å². The van der Waals surface area contributed by atoms with E-state index in [1.807, 2.05) is 36.4 Å². The Morgan fingerprint density at radius 1 is 0.314 bits per heavy atom. The van der Waals surface area contributed by atoms with Crippen LogP contribution in [0.3, 0.4) is 0 Å². The largest absolute Gasteiger partial charge is 0.456 e. The average molecular weight is 652 g/mol. The number of nitrogens with zero attached hydrogens (tertiary/aromatic N) is 3. The minimum absolute atomic E-state index is 0.581. The quantitative estimate of drug-likeness (QED) is 0.186. The fraction of sp³-hybridized carbons (Fsp3) is 0. The first-order valence-corrected chi connectivity index (χ1v) is 17.1. The van der Waals surface area contributed by atoms with Gasteiger partial charge in [0.1, 0.15) is 11.2 Å². The van der Waals surface area contributed by atoms with Crippen molar-refractivity contribution in [2.45, 2.75) is 0 Å². The van der Waals surface area contributed by atoms with Crippen molar-refractivity contribution in [1.29, 1.82) is 0 Å². The predicted molar refractivity (Wildman–Crippen MR) is 209 cm³/mol. The molecule has 0 aliphatic heterocycles. The van der Waals surface area contributed by atoms with Gasteiger partial charge in [-0.1, -0.05) is 152 Å². The van der Waals surface area contributed by atoms with Gasteiger partial charge in [-0.05, 0) is 68.1 Å². The lowest BCUT2D eigenvalue weighted by molar-refractivity contribution is 0.669. The average Bonchev–Trinajstić information content (AvgIpc) is 3.60. The number of hydrogen-bond donors (Lipinski definition) is 0. The van der Waals surface area contributed by atoms with Crippen LogP contribution in [0, 0.1) is 0 Å². The van der Waals surface area contributed by atoms with Crippen molar-refractivity contribution >= 4 is 43.5 Å². The number of fused-ring (bicyclic) bond motifs is 6. The van der Waals surface area contributed by atoms with Crippen LogP contribution in [0.2, 0.25) is 0 Å². The number of furan rings is 1. The summed E-state index contributed by atoms with van der Waals surface area (Å²) in [6, 6.07) is 61.0. The Labute approximate surface area is 294 Å². The van der Waals surface area contributed by atoms with E-state index in [-0.39, 0.29) is 0 Å². The van der Waals surface area contributed by atoms with Crippen LogP contribution < -0.4 is 0 Å². The summed E-state index contributed by atoms with van der Waals surface area (Å²) < 4.78 is 6.72. The fourth-order valence-electron chi connectivity index (χ4n) is 7.29. The number of hydrogen-bond acceptors (Lipinski definition) is 4. The number of aromatic nitrogens is 3. The number of benzene rings is 8. The summed E-state index contributed by atoms with van der Waals surface area (Å²) >= 11 is 0. The van der Waals surface area contributed by atoms with Crippen molar-refractivity contribution in [3.8, 4) is 56.4 Å². The molecule has 238 valence electrons. The van der Waals surface area contributed by atoms with Gasteiger partial charge < -0.3 is 4.42 Å². The van der Waals surface area contributed by atoms with Gasteiger partial charge in [0, 0.05) is 27.5 Å². The molecule has 0 atom stereocenters. The first-order valence-electron chi connectivity index (χ1n) is 17.1. The van der Waals surface area contributed by atoms with Gasteiger partial charge in [-0.3, -0.25) is 0 Å². The van der Waals surface area contributed by atoms with Gasteiger partial charge in [-0.15, -0.1) is 0 Å². The summed E-state index contributed by atoms with van der Waals surface area (Å²) in [4.78, 5) is 15.3. The van der Waals surface area contributed by atoms with Gasteiger partial charge in [-0.25, -0.2) is 15.0 Å². The Morgan fingerprint density at radius 3 is 1.67 bits per heavy atom. The Bertz CT molecular complexity index is 2910. The normalized spacial score (nSPS) is 11.5. The highest BCUT2D eigenvalue weighted by molar-refractivity contribution is 6.24. The molecule has 0 bridgehead atoms. The minimum atomic E-state index is 0.581. The summed E-state index contributed by atoms with van der Waals surface area (Å²) in [6.07, 6.45) is 0. The lowest BCUT2D eigenvalue weighted by Gasteiger charge is -2.13. The zero-order chi connectivity index (χ0) is 33.7. The van der Waals surface area contributed by atoms with E-state index >= 15 is 0 Å². The second-order valence-corrected chi connectivity index (χ2v) is 12.8. The summed E-state index contributed by atoms with van der Waals surface area (Å²) in [5.41, 5.74) is 8.78. The first kappa shape index (κ1) is 29.0. The molecule has 2 heterocycles. The van der Waals surface area contributed by atoms with E-state index in [0.29, 0.717) is 17.5 Å². The standard InChI is InChI=1S/C47H29N3O/c1-3-13-30(14-4-1)34-20-11-21-35(27-34)46-48-45(33-17-5-2-6-18-33)49-47(50-46)36-28-40(39-24-12-19-31-15-7-9-22-37(31)39)44-42(29-36)51-41-26-25-32-16-8-10-23-38(32)43(41)44/h1-29H. The van der Waals surface area contributed by atoms with Crippen LogP contribution in [-0.4, -0.2) is 15.0 Å². The first-order chi connectivity index (χ1) is 25.3. The van der Waals surface area contributed by atoms with Crippen LogP contribution in [0.15, 0.2) is 180 Å². The Kier molecular flexibility index (Phi) is 6.78. The highest BCUT2D eigenvalue weighted by Gasteiger charge is 2.21. The molecule has 0 aliphatic carbocycles. The summed E-state index contributed by atoms with van der Waals surface area (Å²) in [5, 5.41) is 6.88. The molecular weight excluding hydrogens is 623 g/mol. The molecule has 51 heavy (non-hydrogen) atoms. The van der Waals surface area contributed by atoms with Crippen molar-refractivity contribution in [2.24, 2.45) is 0 Å². The van der Waals surface area contributed by atoms with Crippen molar-refractivity contribution in [3.63, 3.8) is 0 Å². The SMILES string of the molecule is c1ccc(-c2cccc(-c3nc(-c4ccccc4)nc(-c4cc(-c5cccc6ccccc56)c5c(c4)oc4ccc6ccccc6c45)n3)c2)cc1. The van der Waals surface area contributed by atoms with Gasteiger partial charge in [0.25, 0.3) is 0 Å². The molecule has 2 aromatic heterocycles. The fourth-order valence-corrected chi connectivity index (χ4v) is 7.29. The summed E-state index contributed by atoms with van der Waals surface area (Å²) in [5.74, 6) is 1.81. The lowest BCUT2D eigenvalue weighted by atomic mass is 9.92. The molecule has 4 nitrogen and oxygen atoms in total. The monoisotopic (exact) mass is 651 g/mol. The molecule has 4 heteroatoms. The zero-order valence-electron chi connectivity index (χ0n) is 27.5. The third kappa shape index (κ3) is 5.04. The highest BCUT2D eigenvalue weighted by atomic mass is 16.3. The van der Waals surface area contributed by atoms with Gasteiger partial charge in [-0.2, -0.15) is 0 Å². The molecular formula is C47H29N3O. The predicted octanol–water partition coefficient (Wildman–Crippen LogP) is 12.4. The van der Waals surface area contributed by atoms with Crippen molar-refractivity contribution < 1.29 is 4.42 Å². The Balaban J connectivity index is 1.26. The zero-order valence-corrected chi connectivity index (χ0v) is 27.5. The molecule has 10 aromatic rings. The molecule has 10 rings (SSSR count). The topological polar surface area (TPSA) is 51.8 Å². The molecule has 0 amide bonds. The second kappa shape index (κ2) is 11.9. The lowest BCUT2D eigenvalue weighted by Crippen LogP contribution is -2.00. The van der Waals surface area contributed by atoms with Gasteiger partial charge in [0.2, 0.25) is 0 Å². The van der Waals surface area contributed by atoms with Crippen molar-refractivity contribution in [3.05, 3.63) is 176 Å². The van der Waals surface area contributed by atoms with Gasteiger partial charge >= 0.3 is 0 Å². The second-order valence-electron chi connectivity index (χ2n) is 12.8. The van der Waals surface area contributed by atoms with Crippen LogP contribution in [0.25, 0.3) is 99.9 Å². The van der Waals surface area contributed by atoms with E-state index in [4.69, 9.17) is 19.4 Å². The van der Waals surface area contributed by atoms with Gasteiger partial charge in [0.05, 0.1) is 0 Å². The Hall–Kier alpha value is -6.91. The van der Waals surface area contributed by atoms with Crippen molar-refractivity contribution in [2.75, 3.05) is 0 Å². The summed E-state index contributed by atoms with van der Waals surface area (Å²) in [7, 11) is 0. The molecule has 0 saturated carbocycles. The molecule has 0 radical (unpaired) electrons. The van der Waals surface area contributed by atoms with Crippen LogP contribution in [0.5, 0.6) is 0 Å². The maximum absolute atomic E-state index is 6.72. The minimum Gasteiger partial charge on any atom is -0.456 e. The van der Waals surface area contributed by atoms with E-state index in [0.717, 1.165) is 66.3 Å². The van der Waals surface area contributed by atoms with E-state index in [1.165, 1.54) is 16.2 Å². The molecule has 0 aliphatic rings. The molecule has 0 fully saturated rings. The van der Waals surface area contributed by atoms with E-state index in [2.05, 4.69) is 140 Å². The van der Waals surface area contributed by atoms with Crippen LogP contribution in [-0.2, 0) is 0 Å². The number of rotatable bonds is 5.